The van der Waals surface area contributed by atoms with Crippen LogP contribution in [0.4, 0.5) is 11.8 Å². The van der Waals surface area contributed by atoms with E-state index >= 15 is 0 Å². The highest BCUT2D eigenvalue weighted by Crippen LogP contribution is 2.27. The summed E-state index contributed by atoms with van der Waals surface area (Å²) in [5.41, 5.74) is 0.987. The Kier molecular flexibility index (Phi) is 6.13. The minimum absolute atomic E-state index is 0.435. The predicted molar refractivity (Wildman–Crippen MR) is 122 cm³/mol. The standard InChI is InChI=1S/C21H26BrN5S/c1-27(2)20-18-5-3-4-6-19(18)25-21(26-20)24-16-9-7-15(8-10-16)23-12-17-11-14(22)13-28-17/h3-6,11,13,15-16,23H,7-10,12H2,1-2H3,(H,24,25,26). The molecule has 148 valence electrons. The molecule has 0 bridgehead atoms. The van der Waals surface area contributed by atoms with Crippen LogP contribution in [0.15, 0.2) is 40.2 Å². The Morgan fingerprint density at radius 2 is 1.86 bits per heavy atom. The first-order valence-corrected chi connectivity index (χ1v) is 11.4. The van der Waals surface area contributed by atoms with Gasteiger partial charge in [-0.25, -0.2) is 4.98 Å². The van der Waals surface area contributed by atoms with Crippen LogP contribution in [0.1, 0.15) is 30.6 Å². The van der Waals surface area contributed by atoms with Crippen molar-refractivity contribution in [1.82, 2.24) is 15.3 Å². The number of fused-ring (bicyclic) bond motifs is 1. The lowest BCUT2D eigenvalue weighted by Gasteiger charge is -2.30. The first-order valence-electron chi connectivity index (χ1n) is 9.75. The highest BCUT2D eigenvalue weighted by atomic mass is 79.9. The van der Waals surface area contributed by atoms with Gasteiger partial charge in [-0.15, -0.1) is 11.3 Å². The number of nitrogens with zero attached hydrogens (tertiary/aromatic N) is 3. The van der Waals surface area contributed by atoms with E-state index in [2.05, 4.69) is 55.0 Å². The molecule has 1 aromatic carbocycles. The van der Waals surface area contributed by atoms with E-state index in [0.29, 0.717) is 12.1 Å². The van der Waals surface area contributed by atoms with Crippen LogP contribution in [0.5, 0.6) is 0 Å². The van der Waals surface area contributed by atoms with E-state index in [-0.39, 0.29) is 0 Å². The Hall–Kier alpha value is -1.70. The van der Waals surface area contributed by atoms with E-state index in [9.17, 15) is 0 Å². The Labute approximate surface area is 178 Å². The maximum absolute atomic E-state index is 4.78. The zero-order valence-electron chi connectivity index (χ0n) is 16.3. The van der Waals surface area contributed by atoms with Crippen molar-refractivity contribution in [1.29, 1.82) is 0 Å². The quantitative estimate of drug-likeness (QED) is 0.540. The molecule has 7 heteroatoms. The first kappa shape index (κ1) is 19.6. The fraction of sp³-hybridized carbons (Fsp3) is 0.429. The van der Waals surface area contributed by atoms with Gasteiger partial charge in [-0.3, -0.25) is 0 Å². The van der Waals surface area contributed by atoms with Crippen molar-refractivity contribution in [2.75, 3.05) is 24.3 Å². The maximum atomic E-state index is 4.78. The molecule has 0 saturated heterocycles. The van der Waals surface area contributed by atoms with Gasteiger partial charge >= 0.3 is 0 Å². The fourth-order valence-corrected chi connectivity index (χ4v) is 5.18. The number of rotatable bonds is 6. The van der Waals surface area contributed by atoms with E-state index in [4.69, 9.17) is 9.97 Å². The molecule has 0 radical (unpaired) electrons. The van der Waals surface area contributed by atoms with E-state index in [0.717, 1.165) is 42.1 Å². The lowest BCUT2D eigenvalue weighted by Crippen LogP contribution is -2.36. The molecule has 2 aromatic heterocycles. The Bertz CT molecular complexity index is 933. The van der Waals surface area contributed by atoms with E-state index in [1.807, 2.05) is 26.2 Å². The van der Waals surface area contributed by atoms with Gasteiger partial charge in [0.15, 0.2) is 0 Å². The fourth-order valence-electron chi connectivity index (χ4n) is 3.78. The van der Waals surface area contributed by atoms with Crippen molar-refractivity contribution in [2.24, 2.45) is 0 Å². The minimum Gasteiger partial charge on any atom is -0.362 e. The third-order valence-electron chi connectivity index (χ3n) is 5.25. The molecule has 1 aliphatic carbocycles. The molecule has 3 aromatic rings. The van der Waals surface area contributed by atoms with Crippen molar-refractivity contribution >= 4 is 49.9 Å². The van der Waals surface area contributed by atoms with Crippen molar-refractivity contribution in [3.05, 3.63) is 45.1 Å². The molecule has 2 heterocycles. The van der Waals surface area contributed by atoms with Gasteiger partial charge in [0, 0.05) is 52.8 Å². The molecule has 2 N–H and O–H groups in total. The van der Waals surface area contributed by atoms with Crippen LogP contribution in [-0.2, 0) is 6.54 Å². The molecule has 1 saturated carbocycles. The lowest BCUT2D eigenvalue weighted by atomic mass is 9.91. The summed E-state index contributed by atoms with van der Waals surface area (Å²) >= 11 is 5.33. The second-order valence-corrected chi connectivity index (χ2v) is 9.50. The smallest absolute Gasteiger partial charge is 0.225 e. The van der Waals surface area contributed by atoms with Gasteiger partial charge in [0.05, 0.1) is 5.52 Å². The Balaban J connectivity index is 1.35. The maximum Gasteiger partial charge on any atom is 0.225 e. The van der Waals surface area contributed by atoms with Gasteiger partial charge < -0.3 is 15.5 Å². The number of halogens is 1. The number of anilines is 2. The van der Waals surface area contributed by atoms with E-state index in [1.54, 1.807) is 11.3 Å². The second-order valence-electron chi connectivity index (χ2n) is 7.59. The summed E-state index contributed by atoms with van der Waals surface area (Å²) in [4.78, 5) is 13.0. The van der Waals surface area contributed by atoms with E-state index < -0.39 is 0 Å². The van der Waals surface area contributed by atoms with Crippen LogP contribution in [0, 0.1) is 0 Å². The summed E-state index contributed by atoms with van der Waals surface area (Å²) in [5.74, 6) is 1.70. The lowest BCUT2D eigenvalue weighted by molar-refractivity contribution is 0.353. The summed E-state index contributed by atoms with van der Waals surface area (Å²) in [6.45, 7) is 0.957. The number of aromatic nitrogens is 2. The third-order valence-corrected chi connectivity index (χ3v) is 6.95. The summed E-state index contributed by atoms with van der Waals surface area (Å²) in [7, 11) is 4.06. The number of hydrogen-bond acceptors (Lipinski definition) is 6. The highest BCUT2D eigenvalue weighted by Gasteiger charge is 2.22. The summed E-state index contributed by atoms with van der Waals surface area (Å²) in [6, 6.07) is 11.4. The molecule has 0 unspecified atom stereocenters. The third kappa shape index (κ3) is 4.64. The Morgan fingerprint density at radius 3 is 2.57 bits per heavy atom. The van der Waals surface area contributed by atoms with Crippen LogP contribution in [0.3, 0.4) is 0 Å². The number of hydrogen-bond donors (Lipinski definition) is 2. The summed E-state index contributed by atoms with van der Waals surface area (Å²) < 4.78 is 1.18. The second kappa shape index (κ2) is 8.76. The molecule has 5 nitrogen and oxygen atoms in total. The molecule has 0 atom stereocenters. The molecule has 4 rings (SSSR count). The molecule has 1 aliphatic rings. The molecular formula is C21H26BrN5S. The minimum atomic E-state index is 0.435. The molecule has 28 heavy (non-hydrogen) atoms. The average Bonchev–Trinajstić information content (AvgIpc) is 3.12. The van der Waals surface area contributed by atoms with Gasteiger partial charge in [0.2, 0.25) is 5.95 Å². The topological polar surface area (TPSA) is 53.1 Å². The van der Waals surface area contributed by atoms with Crippen LogP contribution < -0.4 is 15.5 Å². The molecule has 0 aliphatic heterocycles. The summed E-state index contributed by atoms with van der Waals surface area (Å²) in [6.07, 6.45) is 4.63. The van der Waals surface area contributed by atoms with Crippen LogP contribution in [-0.4, -0.2) is 36.1 Å². The predicted octanol–water partition coefficient (Wildman–Crippen LogP) is 5.03. The van der Waals surface area contributed by atoms with Gasteiger partial charge in [-0.1, -0.05) is 12.1 Å². The number of thiophene rings is 1. The van der Waals surface area contributed by atoms with Crippen LogP contribution in [0.2, 0.25) is 0 Å². The van der Waals surface area contributed by atoms with Gasteiger partial charge in [-0.2, -0.15) is 4.98 Å². The van der Waals surface area contributed by atoms with Crippen molar-refractivity contribution in [3.8, 4) is 0 Å². The molecule has 0 amide bonds. The number of benzene rings is 1. The largest absolute Gasteiger partial charge is 0.362 e. The number of nitrogens with one attached hydrogen (secondary N) is 2. The van der Waals surface area contributed by atoms with Gasteiger partial charge in [-0.05, 0) is 59.8 Å². The average molecular weight is 460 g/mol. The Morgan fingerprint density at radius 1 is 1.11 bits per heavy atom. The van der Waals surface area contributed by atoms with Crippen LogP contribution >= 0.6 is 27.3 Å². The molecule has 1 fully saturated rings. The van der Waals surface area contributed by atoms with E-state index in [1.165, 1.54) is 22.2 Å². The van der Waals surface area contributed by atoms with Gasteiger partial charge in [0.25, 0.3) is 0 Å². The first-order chi connectivity index (χ1) is 13.6. The van der Waals surface area contributed by atoms with Crippen molar-refractivity contribution < 1.29 is 0 Å². The summed E-state index contributed by atoms with van der Waals surface area (Å²) in [5, 5.41) is 10.5. The van der Waals surface area contributed by atoms with Crippen LogP contribution in [0.25, 0.3) is 10.9 Å². The molecular weight excluding hydrogens is 434 g/mol. The zero-order chi connectivity index (χ0) is 19.5. The monoisotopic (exact) mass is 459 g/mol. The van der Waals surface area contributed by atoms with Crippen molar-refractivity contribution in [2.45, 2.75) is 44.3 Å². The molecule has 0 spiro atoms. The van der Waals surface area contributed by atoms with Gasteiger partial charge in [0.1, 0.15) is 5.82 Å². The SMILES string of the molecule is CN(C)c1nc(NC2CCC(NCc3cc(Br)cs3)CC2)nc2ccccc12. The highest BCUT2D eigenvalue weighted by molar-refractivity contribution is 9.10. The number of para-hydroxylation sites is 1. The normalized spacial score (nSPS) is 19.7. The zero-order valence-corrected chi connectivity index (χ0v) is 18.7. The van der Waals surface area contributed by atoms with Crippen molar-refractivity contribution in [3.63, 3.8) is 0 Å².